The first kappa shape index (κ1) is 19.5. The molecule has 0 N–H and O–H groups in total. The zero-order valence-corrected chi connectivity index (χ0v) is 17.8. The van der Waals surface area contributed by atoms with Crippen LogP contribution in [0, 0.1) is 20.8 Å². The summed E-state index contributed by atoms with van der Waals surface area (Å²) in [7, 11) is 3.17. The van der Waals surface area contributed by atoms with Gasteiger partial charge in [0.1, 0.15) is 22.8 Å². The fraction of sp³-hybridized carbons (Fsp3) is 0.318. The van der Waals surface area contributed by atoms with Crippen LogP contribution in [0.2, 0.25) is 5.02 Å². The largest absolute Gasteiger partial charge is 0.495 e. The molecule has 0 aliphatic carbocycles. The highest BCUT2D eigenvalue weighted by Crippen LogP contribution is 2.42. The maximum Gasteiger partial charge on any atom is 0.339 e. The molecule has 0 saturated heterocycles. The number of ether oxygens (including phenoxy) is 3. The van der Waals surface area contributed by atoms with E-state index >= 15 is 0 Å². The summed E-state index contributed by atoms with van der Waals surface area (Å²) in [4.78, 5) is 14.2. The van der Waals surface area contributed by atoms with E-state index in [0.717, 1.165) is 33.5 Å². The lowest BCUT2D eigenvalue weighted by Gasteiger charge is -2.33. The minimum Gasteiger partial charge on any atom is -0.495 e. The summed E-state index contributed by atoms with van der Waals surface area (Å²) in [5, 5.41) is 1.42. The van der Waals surface area contributed by atoms with Crippen LogP contribution < -0.4 is 24.7 Å². The zero-order valence-electron chi connectivity index (χ0n) is 17.0. The molecule has 3 aromatic rings. The number of aryl methyl sites for hydroxylation is 2. The molecule has 1 aliphatic heterocycles. The van der Waals surface area contributed by atoms with Gasteiger partial charge in [-0.05, 0) is 38.5 Å². The predicted molar refractivity (Wildman–Crippen MR) is 113 cm³/mol. The SMILES string of the molecule is COc1cc(OC)c(N2COc3c(cc4c(C)c(C)c(=O)oc4c3C)C2)cc1Cl. The molecule has 6 nitrogen and oxygen atoms in total. The number of methoxy groups -OCH3 is 2. The number of halogens is 1. The van der Waals surface area contributed by atoms with E-state index in [1.54, 1.807) is 27.2 Å². The van der Waals surface area contributed by atoms with Gasteiger partial charge in [-0.3, -0.25) is 0 Å². The van der Waals surface area contributed by atoms with Crippen molar-refractivity contribution in [3.8, 4) is 17.2 Å². The van der Waals surface area contributed by atoms with Gasteiger partial charge in [0.25, 0.3) is 0 Å². The number of benzene rings is 2. The van der Waals surface area contributed by atoms with E-state index in [1.807, 2.05) is 30.9 Å². The van der Waals surface area contributed by atoms with Crippen LogP contribution in [0.15, 0.2) is 27.4 Å². The Balaban J connectivity index is 1.83. The van der Waals surface area contributed by atoms with Gasteiger partial charge in [-0.2, -0.15) is 0 Å². The average Bonchev–Trinajstić information content (AvgIpc) is 2.72. The summed E-state index contributed by atoms with van der Waals surface area (Å²) in [5.74, 6) is 1.95. The summed E-state index contributed by atoms with van der Waals surface area (Å²) in [5.41, 5.74) is 4.46. The van der Waals surface area contributed by atoms with Crippen LogP contribution in [0.4, 0.5) is 5.69 Å². The van der Waals surface area contributed by atoms with Gasteiger partial charge in [0.15, 0.2) is 6.73 Å². The Labute approximate surface area is 173 Å². The van der Waals surface area contributed by atoms with Gasteiger partial charge < -0.3 is 23.5 Å². The lowest BCUT2D eigenvalue weighted by Crippen LogP contribution is -2.32. The molecular formula is C22H22ClNO5. The molecule has 7 heteroatoms. The first-order chi connectivity index (χ1) is 13.8. The molecule has 0 fully saturated rings. The van der Waals surface area contributed by atoms with Crippen molar-refractivity contribution in [2.24, 2.45) is 0 Å². The Hall–Kier alpha value is -2.86. The molecule has 0 radical (unpaired) electrons. The van der Waals surface area contributed by atoms with Crippen molar-refractivity contribution < 1.29 is 18.6 Å². The molecule has 2 heterocycles. The van der Waals surface area contributed by atoms with Crippen LogP contribution in [0.3, 0.4) is 0 Å². The van der Waals surface area contributed by atoms with Crippen molar-refractivity contribution in [3.05, 3.63) is 55.9 Å². The van der Waals surface area contributed by atoms with E-state index < -0.39 is 0 Å². The van der Waals surface area contributed by atoms with Crippen molar-refractivity contribution in [3.63, 3.8) is 0 Å². The second kappa shape index (κ2) is 7.19. The van der Waals surface area contributed by atoms with Crippen molar-refractivity contribution in [1.82, 2.24) is 0 Å². The monoisotopic (exact) mass is 415 g/mol. The molecule has 29 heavy (non-hydrogen) atoms. The standard InChI is InChI=1S/C22H22ClNO5/c1-11-12(2)22(25)29-21-13(3)20-14(6-15(11)21)9-24(10-28-20)17-7-16(23)18(26-4)8-19(17)27-5/h6-8H,9-10H2,1-5H3. The molecule has 0 saturated carbocycles. The zero-order chi connectivity index (χ0) is 20.9. The van der Waals surface area contributed by atoms with Gasteiger partial charge in [0, 0.05) is 28.1 Å². The molecule has 0 atom stereocenters. The molecular weight excluding hydrogens is 394 g/mol. The van der Waals surface area contributed by atoms with E-state index in [9.17, 15) is 4.79 Å². The minimum atomic E-state index is -0.312. The van der Waals surface area contributed by atoms with E-state index in [2.05, 4.69) is 0 Å². The van der Waals surface area contributed by atoms with Gasteiger partial charge in [0.05, 0.1) is 31.5 Å². The van der Waals surface area contributed by atoms with E-state index in [4.69, 9.17) is 30.2 Å². The Kier molecular flexibility index (Phi) is 4.82. The summed E-state index contributed by atoms with van der Waals surface area (Å²) in [6, 6.07) is 5.61. The lowest BCUT2D eigenvalue weighted by atomic mass is 9.99. The van der Waals surface area contributed by atoms with Crippen molar-refractivity contribution in [2.45, 2.75) is 27.3 Å². The van der Waals surface area contributed by atoms with Gasteiger partial charge >= 0.3 is 5.63 Å². The molecule has 1 aromatic heterocycles. The van der Waals surface area contributed by atoms with Crippen molar-refractivity contribution in [2.75, 3.05) is 25.9 Å². The lowest BCUT2D eigenvalue weighted by molar-refractivity contribution is 0.285. The average molecular weight is 416 g/mol. The van der Waals surface area contributed by atoms with Crippen LogP contribution in [0.5, 0.6) is 17.2 Å². The fourth-order valence-corrected chi connectivity index (χ4v) is 3.98. The Morgan fingerprint density at radius 1 is 1.00 bits per heavy atom. The summed E-state index contributed by atoms with van der Waals surface area (Å²) in [6.07, 6.45) is 0. The molecule has 152 valence electrons. The molecule has 4 rings (SSSR count). The number of hydrogen-bond acceptors (Lipinski definition) is 6. The first-order valence-electron chi connectivity index (χ1n) is 9.21. The maximum absolute atomic E-state index is 12.1. The number of fused-ring (bicyclic) bond motifs is 2. The second-order valence-electron chi connectivity index (χ2n) is 7.14. The van der Waals surface area contributed by atoms with Crippen molar-refractivity contribution >= 4 is 28.3 Å². The third-order valence-corrected chi connectivity index (χ3v) is 5.82. The van der Waals surface area contributed by atoms with Crippen LogP contribution in [0.1, 0.15) is 22.3 Å². The number of anilines is 1. The van der Waals surface area contributed by atoms with E-state index in [0.29, 0.717) is 40.9 Å². The number of nitrogens with zero attached hydrogens (tertiary/aromatic N) is 1. The highest BCUT2D eigenvalue weighted by molar-refractivity contribution is 6.32. The van der Waals surface area contributed by atoms with Gasteiger partial charge in [-0.15, -0.1) is 0 Å². The minimum absolute atomic E-state index is 0.312. The predicted octanol–water partition coefficient (Wildman–Crippen LogP) is 4.75. The maximum atomic E-state index is 12.1. The fourth-order valence-electron chi connectivity index (χ4n) is 3.74. The summed E-state index contributed by atoms with van der Waals surface area (Å²) in [6.45, 7) is 6.55. The van der Waals surface area contributed by atoms with Crippen molar-refractivity contribution in [1.29, 1.82) is 0 Å². The third kappa shape index (κ3) is 3.08. The quantitative estimate of drug-likeness (QED) is 0.575. The Morgan fingerprint density at radius 2 is 1.72 bits per heavy atom. The normalized spacial score (nSPS) is 13.2. The molecule has 2 aromatic carbocycles. The molecule has 0 spiro atoms. The van der Waals surface area contributed by atoms with Gasteiger partial charge in [0.2, 0.25) is 0 Å². The van der Waals surface area contributed by atoms with Gasteiger partial charge in [-0.1, -0.05) is 11.6 Å². The van der Waals surface area contributed by atoms with Gasteiger partial charge in [-0.25, -0.2) is 4.79 Å². The first-order valence-corrected chi connectivity index (χ1v) is 9.59. The highest BCUT2D eigenvalue weighted by atomic mass is 35.5. The summed E-state index contributed by atoms with van der Waals surface area (Å²) < 4.78 is 22.5. The Bertz CT molecular complexity index is 1180. The smallest absolute Gasteiger partial charge is 0.339 e. The highest BCUT2D eigenvalue weighted by Gasteiger charge is 2.26. The van der Waals surface area contributed by atoms with Crippen LogP contribution in [0.25, 0.3) is 11.0 Å². The molecule has 0 amide bonds. The second-order valence-corrected chi connectivity index (χ2v) is 7.54. The Morgan fingerprint density at radius 3 is 2.41 bits per heavy atom. The van der Waals surface area contributed by atoms with E-state index in [-0.39, 0.29) is 5.63 Å². The van der Waals surface area contributed by atoms with Crippen LogP contribution in [-0.4, -0.2) is 21.0 Å². The molecule has 0 bridgehead atoms. The van der Waals surface area contributed by atoms with Crippen LogP contribution in [-0.2, 0) is 6.54 Å². The number of rotatable bonds is 3. The molecule has 1 aliphatic rings. The number of hydrogen-bond donors (Lipinski definition) is 0. The molecule has 0 unspecified atom stereocenters. The van der Waals surface area contributed by atoms with Crippen LogP contribution >= 0.6 is 11.6 Å². The summed E-state index contributed by atoms with van der Waals surface area (Å²) >= 11 is 6.34. The van der Waals surface area contributed by atoms with E-state index in [1.165, 1.54) is 0 Å². The topological polar surface area (TPSA) is 61.1 Å². The third-order valence-electron chi connectivity index (χ3n) is 5.52.